The molecule has 53 heavy (non-hydrogen) atoms. The van der Waals surface area contributed by atoms with Crippen LogP contribution in [-0.4, -0.2) is 114 Å². The number of aliphatic hydroxyl groups excluding tert-OH is 1. The molecule has 5 heterocycles. The number of benzene rings is 1. The molecule has 2 aliphatic heterocycles. The number of aromatic nitrogens is 5. The molecule has 282 valence electrons. The maximum absolute atomic E-state index is 17.2. The summed E-state index contributed by atoms with van der Waals surface area (Å²) in [6, 6.07) is 5.17. The number of fused-ring (bicyclic) bond motifs is 3. The van der Waals surface area contributed by atoms with Crippen LogP contribution in [0, 0.1) is 34.9 Å². The van der Waals surface area contributed by atoms with Crippen LogP contribution in [0.15, 0.2) is 12.3 Å². The maximum Gasteiger partial charge on any atom is 0.319 e. The van der Waals surface area contributed by atoms with Crippen LogP contribution in [0.4, 0.5) is 10.2 Å². The molecule has 4 aromatic rings. The summed E-state index contributed by atoms with van der Waals surface area (Å²) in [4.78, 5) is 18.8. The summed E-state index contributed by atoms with van der Waals surface area (Å²) >= 11 is 6.86. The van der Waals surface area contributed by atoms with E-state index in [1.807, 2.05) is 17.9 Å². The molecule has 0 radical (unpaired) electrons. The second-order valence-electron chi connectivity index (χ2n) is 15.3. The summed E-state index contributed by atoms with van der Waals surface area (Å²) in [5.74, 6) is -0.239. The minimum Gasteiger partial charge on any atom is -0.480 e. The van der Waals surface area contributed by atoms with Gasteiger partial charge in [0, 0.05) is 55.3 Å². The average Bonchev–Trinajstić information content (AvgIpc) is 3.74. The van der Waals surface area contributed by atoms with Crippen molar-refractivity contribution < 1.29 is 28.4 Å². The molecule has 0 spiro atoms. The van der Waals surface area contributed by atoms with Crippen molar-refractivity contribution >= 4 is 39.2 Å². The number of nitriles is 1. The van der Waals surface area contributed by atoms with Gasteiger partial charge in [0.25, 0.3) is 0 Å². The summed E-state index contributed by atoms with van der Waals surface area (Å²) in [6.45, 7) is 4.93. The zero-order valence-corrected chi connectivity index (χ0v) is 31.2. The SMILES string of the molecule is COCCC1(C#N)CC(N2CCCC3(COc4nc(N5CCOCC(O)C5)c5c(OC)nc(-c6c(Cl)c(C)cc7[nH]ncc67)c(F)c5n4)CCCC23)C1. The van der Waals surface area contributed by atoms with Gasteiger partial charge in [-0.25, -0.2) is 9.37 Å². The summed E-state index contributed by atoms with van der Waals surface area (Å²) in [7, 11) is 3.16. The van der Waals surface area contributed by atoms with Crippen molar-refractivity contribution in [3.63, 3.8) is 0 Å². The summed E-state index contributed by atoms with van der Waals surface area (Å²) in [5.41, 5.74) is 1.31. The number of pyridine rings is 1. The first kappa shape index (κ1) is 36.1. The van der Waals surface area contributed by atoms with Crippen molar-refractivity contribution in [2.24, 2.45) is 10.8 Å². The van der Waals surface area contributed by atoms with E-state index < -0.39 is 11.9 Å². The molecule has 0 amide bonds. The lowest BCUT2D eigenvalue weighted by Crippen LogP contribution is -2.60. The maximum atomic E-state index is 17.2. The highest BCUT2D eigenvalue weighted by Gasteiger charge is 2.55. The third-order valence-corrected chi connectivity index (χ3v) is 12.6. The predicted molar refractivity (Wildman–Crippen MR) is 197 cm³/mol. The van der Waals surface area contributed by atoms with Gasteiger partial charge in [-0.1, -0.05) is 18.0 Å². The number of β-amino-alcohol motifs (C(OH)–C–C–N with tert-alkyl or cyclic N) is 1. The fourth-order valence-electron chi connectivity index (χ4n) is 9.44. The second kappa shape index (κ2) is 14.4. The van der Waals surface area contributed by atoms with E-state index in [9.17, 15) is 10.4 Å². The van der Waals surface area contributed by atoms with E-state index in [0.29, 0.717) is 65.8 Å². The molecule has 15 heteroatoms. The van der Waals surface area contributed by atoms with Crippen LogP contribution in [0.1, 0.15) is 56.9 Å². The second-order valence-corrected chi connectivity index (χ2v) is 15.7. The van der Waals surface area contributed by atoms with Crippen molar-refractivity contribution in [1.82, 2.24) is 30.0 Å². The van der Waals surface area contributed by atoms with Crippen LogP contribution in [0.2, 0.25) is 5.02 Å². The van der Waals surface area contributed by atoms with E-state index in [-0.39, 0.29) is 52.5 Å². The van der Waals surface area contributed by atoms with E-state index in [0.717, 1.165) is 63.5 Å². The Morgan fingerprint density at radius 2 is 2.02 bits per heavy atom. The Kier molecular flexibility index (Phi) is 9.82. The third kappa shape index (κ3) is 6.34. The van der Waals surface area contributed by atoms with Crippen LogP contribution >= 0.6 is 11.6 Å². The van der Waals surface area contributed by atoms with E-state index in [1.54, 1.807) is 13.3 Å². The number of ether oxygens (including phenoxy) is 4. The van der Waals surface area contributed by atoms with E-state index in [2.05, 4.69) is 26.2 Å². The van der Waals surface area contributed by atoms with Gasteiger partial charge >= 0.3 is 6.01 Å². The topological polar surface area (TPSA) is 155 Å². The largest absolute Gasteiger partial charge is 0.480 e. The number of nitrogens with zero attached hydrogens (tertiary/aromatic N) is 7. The Hall–Kier alpha value is -3.87. The Bertz CT molecular complexity index is 2050. The minimum absolute atomic E-state index is 0.0233. The average molecular weight is 749 g/mol. The lowest BCUT2D eigenvalue weighted by atomic mass is 9.62. The summed E-state index contributed by atoms with van der Waals surface area (Å²) in [6.07, 6.45) is 8.47. The number of aliphatic hydroxyl groups is 1. The van der Waals surface area contributed by atoms with Gasteiger partial charge in [0.15, 0.2) is 5.82 Å². The number of hydrogen-bond acceptors (Lipinski definition) is 12. The quantitative estimate of drug-likeness (QED) is 0.208. The number of hydrogen-bond donors (Lipinski definition) is 2. The lowest BCUT2D eigenvalue weighted by Gasteiger charge is -2.55. The minimum atomic E-state index is -0.789. The highest BCUT2D eigenvalue weighted by Crippen LogP contribution is 2.54. The first-order valence-electron chi connectivity index (χ1n) is 18.6. The van der Waals surface area contributed by atoms with E-state index in [1.165, 1.54) is 7.11 Å². The molecular weight excluding hydrogens is 703 g/mol. The number of anilines is 1. The van der Waals surface area contributed by atoms with Crippen LogP contribution in [0.3, 0.4) is 0 Å². The van der Waals surface area contributed by atoms with Crippen LogP contribution in [-0.2, 0) is 9.47 Å². The molecule has 3 aromatic heterocycles. The molecule has 2 saturated carbocycles. The Morgan fingerprint density at radius 3 is 2.81 bits per heavy atom. The highest BCUT2D eigenvalue weighted by molar-refractivity contribution is 6.35. The van der Waals surface area contributed by atoms with Gasteiger partial charge < -0.3 is 29.0 Å². The molecule has 8 rings (SSSR count). The normalized spacial score (nSPS) is 27.7. The Labute approximate surface area is 312 Å². The first-order chi connectivity index (χ1) is 25.7. The highest BCUT2D eigenvalue weighted by atomic mass is 35.5. The van der Waals surface area contributed by atoms with Gasteiger partial charge in [0.05, 0.1) is 61.3 Å². The standard InChI is InChI=1S/C38H46ClFN8O5/c1-22-14-26-25(17-42-46-26)28(30(22)39)32-31(40)33-29(35(43-32)51-3)34(47-11-13-52-19-24(49)18-47)45-36(44-33)53-21-38-7-4-6-27(38)48(10-5-8-38)23-15-37(16-23,20-41)9-12-50-2/h14,17,23-24,27,49H,4-13,15-16,18-19,21H2,1-3H3,(H,42,46). The fourth-order valence-corrected chi connectivity index (χ4v) is 9.68. The monoisotopic (exact) mass is 748 g/mol. The van der Waals surface area contributed by atoms with Crippen molar-refractivity contribution in [3.05, 3.63) is 28.7 Å². The molecule has 4 fully saturated rings. The molecule has 0 bridgehead atoms. The molecule has 2 saturated heterocycles. The molecule has 3 unspecified atom stereocenters. The summed E-state index contributed by atoms with van der Waals surface area (Å²) < 4.78 is 40.6. The number of rotatable bonds is 10. The van der Waals surface area contributed by atoms with Crippen molar-refractivity contribution in [3.8, 4) is 29.2 Å². The van der Waals surface area contributed by atoms with Crippen LogP contribution in [0.5, 0.6) is 11.9 Å². The van der Waals surface area contributed by atoms with Gasteiger partial charge in [-0.3, -0.25) is 10.00 Å². The van der Waals surface area contributed by atoms with Gasteiger partial charge in [-0.2, -0.15) is 20.3 Å². The molecule has 4 aliphatic rings. The number of piperidine rings is 1. The number of aromatic amines is 1. The molecular formula is C38H46ClFN8O5. The van der Waals surface area contributed by atoms with Crippen LogP contribution in [0.25, 0.3) is 33.1 Å². The van der Waals surface area contributed by atoms with Gasteiger partial charge in [-0.15, -0.1) is 0 Å². The molecule has 2 aliphatic carbocycles. The van der Waals surface area contributed by atoms with E-state index in [4.69, 9.17) is 40.5 Å². The van der Waals surface area contributed by atoms with Crippen LogP contribution < -0.4 is 14.4 Å². The zero-order chi connectivity index (χ0) is 36.9. The Morgan fingerprint density at radius 1 is 1.19 bits per heavy atom. The van der Waals surface area contributed by atoms with Crippen molar-refractivity contribution in [2.75, 3.05) is 65.2 Å². The van der Waals surface area contributed by atoms with E-state index >= 15 is 4.39 Å². The number of aryl methyl sites for hydroxylation is 1. The number of halogens is 2. The first-order valence-corrected chi connectivity index (χ1v) is 18.9. The lowest BCUT2D eigenvalue weighted by molar-refractivity contribution is -0.0712. The molecule has 1 aromatic carbocycles. The van der Waals surface area contributed by atoms with Gasteiger partial charge in [0.1, 0.15) is 22.4 Å². The van der Waals surface area contributed by atoms with Crippen molar-refractivity contribution in [2.45, 2.75) is 76.5 Å². The molecule has 13 nitrogen and oxygen atoms in total. The smallest absolute Gasteiger partial charge is 0.319 e. The molecule has 3 atom stereocenters. The van der Waals surface area contributed by atoms with Crippen molar-refractivity contribution in [1.29, 1.82) is 5.26 Å². The van der Waals surface area contributed by atoms with Gasteiger partial charge in [0.2, 0.25) is 5.88 Å². The number of methoxy groups -OCH3 is 2. The predicted octanol–water partition coefficient (Wildman–Crippen LogP) is 5.60. The number of likely N-dealkylation sites (tertiary alicyclic amines) is 1. The third-order valence-electron chi connectivity index (χ3n) is 12.1. The fraction of sp³-hybridized carbons (Fsp3) is 0.605. The van der Waals surface area contributed by atoms with Gasteiger partial charge in [-0.05, 0) is 70.0 Å². The number of H-pyrrole nitrogens is 1. The molecule has 2 N–H and O–H groups in total. The Balaban J connectivity index is 1.18. The zero-order valence-electron chi connectivity index (χ0n) is 30.5. The summed E-state index contributed by atoms with van der Waals surface area (Å²) in [5, 5.41) is 29.1. The number of nitrogens with one attached hydrogen (secondary N) is 1.